The summed E-state index contributed by atoms with van der Waals surface area (Å²) in [5.74, 6) is 0.687. The lowest BCUT2D eigenvalue weighted by molar-refractivity contribution is -0.0369. The molecule has 0 aromatic heterocycles. The van der Waals surface area contributed by atoms with Gasteiger partial charge in [0.1, 0.15) is 7.85 Å². The van der Waals surface area contributed by atoms with Gasteiger partial charge in [-0.1, -0.05) is 20.8 Å². The quantitative estimate of drug-likeness (QED) is 0.643. The van der Waals surface area contributed by atoms with E-state index in [1.54, 1.807) is 0 Å². The minimum absolute atomic E-state index is 0.160. The Morgan fingerprint density at radius 3 is 2.15 bits per heavy atom. The van der Waals surface area contributed by atoms with Crippen molar-refractivity contribution in [2.45, 2.75) is 50.5 Å². The molecular formula is C10H21BOS. The van der Waals surface area contributed by atoms with Crippen LogP contribution in [0.3, 0.4) is 0 Å². The molecule has 1 saturated heterocycles. The zero-order chi connectivity index (χ0) is 10.1. The highest BCUT2D eigenvalue weighted by Gasteiger charge is 2.47. The molecule has 1 aliphatic heterocycles. The third kappa shape index (κ3) is 1.78. The second-order valence-corrected chi connectivity index (χ2v) is 5.10. The van der Waals surface area contributed by atoms with Crippen molar-refractivity contribution in [2.24, 2.45) is 5.92 Å². The minimum atomic E-state index is 0.160. The molecule has 1 nitrogen and oxygen atoms in total. The molecule has 1 heterocycles. The first kappa shape index (κ1) is 11.4. The van der Waals surface area contributed by atoms with Gasteiger partial charge in [-0.25, -0.2) is 0 Å². The van der Waals surface area contributed by atoms with E-state index in [1.807, 2.05) is 11.8 Å². The molecule has 0 bridgehead atoms. The van der Waals surface area contributed by atoms with E-state index in [-0.39, 0.29) is 5.60 Å². The van der Waals surface area contributed by atoms with E-state index in [4.69, 9.17) is 4.74 Å². The average Bonchev–Trinajstić information content (AvgIpc) is 2.38. The molecule has 1 aliphatic rings. The van der Waals surface area contributed by atoms with E-state index < -0.39 is 0 Å². The van der Waals surface area contributed by atoms with E-state index in [0.717, 1.165) is 12.8 Å². The lowest BCUT2D eigenvalue weighted by Crippen LogP contribution is -2.34. The molecule has 1 fully saturated rings. The first-order chi connectivity index (χ1) is 6.11. The smallest absolute Gasteiger partial charge is 0.140 e. The fourth-order valence-corrected chi connectivity index (χ4v) is 3.80. The van der Waals surface area contributed by atoms with E-state index >= 15 is 0 Å². The van der Waals surface area contributed by atoms with Crippen molar-refractivity contribution in [1.82, 2.24) is 0 Å². The van der Waals surface area contributed by atoms with E-state index in [1.165, 1.54) is 0 Å². The fraction of sp³-hybridized carbons (Fsp3) is 1.00. The van der Waals surface area contributed by atoms with Gasteiger partial charge in [0.05, 0.1) is 5.60 Å². The number of hydrogen-bond acceptors (Lipinski definition) is 2. The van der Waals surface area contributed by atoms with Crippen molar-refractivity contribution >= 4 is 19.6 Å². The summed E-state index contributed by atoms with van der Waals surface area (Å²) < 4.78 is 6.14. The van der Waals surface area contributed by atoms with Crippen LogP contribution in [-0.4, -0.2) is 31.0 Å². The first-order valence-corrected chi connectivity index (χ1v) is 6.60. The number of hydrogen-bond donors (Lipinski definition) is 0. The van der Waals surface area contributed by atoms with Gasteiger partial charge in [-0.15, -0.1) is 0 Å². The van der Waals surface area contributed by atoms with Crippen molar-refractivity contribution in [3.63, 3.8) is 0 Å². The molecule has 0 aromatic carbocycles. The summed E-state index contributed by atoms with van der Waals surface area (Å²) in [6.45, 7) is 6.84. The molecule has 3 heteroatoms. The van der Waals surface area contributed by atoms with Gasteiger partial charge >= 0.3 is 0 Å². The van der Waals surface area contributed by atoms with Gasteiger partial charge in [0, 0.05) is 11.3 Å². The second kappa shape index (κ2) is 4.27. The van der Waals surface area contributed by atoms with Crippen LogP contribution in [0.15, 0.2) is 0 Å². The van der Waals surface area contributed by atoms with E-state index in [2.05, 4.69) is 34.9 Å². The summed E-state index contributed by atoms with van der Waals surface area (Å²) in [7, 11) is 2.21. The van der Waals surface area contributed by atoms with Crippen molar-refractivity contribution in [3.8, 4) is 0 Å². The molecule has 3 atom stereocenters. The maximum absolute atomic E-state index is 6.14. The van der Waals surface area contributed by atoms with Crippen LogP contribution in [0, 0.1) is 5.92 Å². The molecular weight excluding hydrogens is 179 g/mol. The second-order valence-electron chi connectivity index (χ2n) is 4.08. The Kier molecular flexibility index (Phi) is 3.76. The summed E-state index contributed by atoms with van der Waals surface area (Å²) in [4.78, 5) is 0. The normalized spacial score (nSPS) is 38.0. The van der Waals surface area contributed by atoms with Crippen LogP contribution in [0.5, 0.6) is 0 Å². The molecule has 0 amide bonds. The average molecular weight is 200 g/mol. The number of ether oxygens (including phenoxy) is 1. The largest absolute Gasteiger partial charge is 0.379 e. The Hall–Kier alpha value is 0.375. The molecule has 0 radical (unpaired) electrons. The van der Waals surface area contributed by atoms with Gasteiger partial charge < -0.3 is 4.74 Å². The maximum Gasteiger partial charge on any atom is 0.140 e. The van der Waals surface area contributed by atoms with Gasteiger partial charge in [0.15, 0.2) is 0 Å². The van der Waals surface area contributed by atoms with Gasteiger partial charge in [0.25, 0.3) is 0 Å². The highest BCUT2D eigenvalue weighted by Crippen LogP contribution is 2.44. The SMILES string of the molecule is B[C@@H]1OC(CC)(CC)C(C)C1SC. The van der Waals surface area contributed by atoms with Gasteiger partial charge in [-0.05, 0) is 25.0 Å². The molecule has 2 unspecified atom stereocenters. The molecule has 0 N–H and O–H groups in total. The number of thioether (sulfide) groups is 1. The Morgan fingerprint density at radius 1 is 1.38 bits per heavy atom. The molecule has 0 spiro atoms. The Balaban J connectivity index is 2.80. The summed E-state index contributed by atoms with van der Waals surface area (Å²) in [5, 5.41) is 0.680. The molecule has 13 heavy (non-hydrogen) atoms. The molecule has 0 aromatic rings. The predicted molar refractivity (Wildman–Crippen MR) is 63.2 cm³/mol. The first-order valence-electron chi connectivity index (χ1n) is 5.32. The van der Waals surface area contributed by atoms with E-state index in [0.29, 0.717) is 17.2 Å². The lowest BCUT2D eigenvalue weighted by atomic mass is 9.82. The van der Waals surface area contributed by atoms with Gasteiger partial charge in [0.2, 0.25) is 0 Å². The van der Waals surface area contributed by atoms with Crippen LogP contribution >= 0.6 is 11.8 Å². The maximum atomic E-state index is 6.14. The Morgan fingerprint density at radius 2 is 1.92 bits per heavy atom. The Bertz CT molecular complexity index is 170. The fourth-order valence-electron chi connectivity index (χ4n) is 2.71. The van der Waals surface area contributed by atoms with Crippen LogP contribution in [0.25, 0.3) is 0 Å². The summed E-state index contributed by atoms with van der Waals surface area (Å²) in [5.41, 5.74) is 0.160. The van der Waals surface area contributed by atoms with Crippen molar-refractivity contribution in [3.05, 3.63) is 0 Å². The summed E-state index contributed by atoms with van der Waals surface area (Å²) >= 11 is 1.96. The highest BCUT2D eigenvalue weighted by molar-refractivity contribution is 7.99. The zero-order valence-electron chi connectivity index (χ0n) is 9.46. The highest BCUT2D eigenvalue weighted by atomic mass is 32.2. The van der Waals surface area contributed by atoms with Crippen LogP contribution in [0.1, 0.15) is 33.6 Å². The van der Waals surface area contributed by atoms with Crippen molar-refractivity contribution in [1.29, 1.82) is 0 Å². The summed E-state index contributed by atoms with van der Waals surface area (Å²) in [6.07, 6.45) is 4.49. The van der Waals surface area contributed by atoms with Crippen LogP contribution < -0.4 is 0 Å². The molecule has 1 rings (SSSR count). The van der Waals surface area contributed by atoms with Crippen molar-refractivity contribution < 1.29 is 4.74 Å². The Labute approximate surface area is 87.4 Å². The third-order valence-electron chi connectivity index (χ3n) is 3.67. The topological polar surface area (TPSA) is 9.23 Å². The minimum Gasteiger partial charge on any atom is -0.379 e. The van der Waals surface area contributed by atoms with Crippen LogP contribution in [0.4, 0.5) is 0 Å². The van der Waals surface area contributed by atoms with Gasteiger partial charge in [-0.2, -0.15) is 11.8 Å². The number of rotatable bonds is 3. The van der Waals surface area contributed by atoms with Crippen LogP contribution in [-0.2, 0) is 4.74 Å². The van der Waals surface area contributed by atoms with Crippen molar-refractivity contribution in [2.75, 3.05) is 6.26 Å². The summed E-state index contributed by atoms with van der Waals surface area (Å²) in [6, 6.07) is 0.421. The van der Waals surface area contributed by atoms with Crippen LogP contribution in [0.2, 0.25) is 0 Å². The van der Waals surface area contributed by atoms with E-state index in [9.17, 15) is 0 Å². The third-order valence-corrected chi connectivity index (χ3v) is 5.01. The molecule has 76 valence electrons. The lowest BCUT2D eigenvalue weighted by Gasteiger charge is -2.31. The molecule has 0 saturated carbocycles. The van der Waals surface area contributed by atoms with Gasteiger partial charge in [-0.3, -0.25) is 0 Å². The monoisotopic (exact) mass is 200 g/mol. The standard InChI is InChI=1S/C10H21BOS/c1-5-10(6-2)7(3)8(13-4)9(11)12-10/h7-9H,5-6,11H2,1-4H3/t7?,8?,9-/m1/s1. The predicted octanol–water partition coefficient (Wildman–Crippen LogP) is 1.90. The molecule has 0 aliphatic carbocycles. The zero-order valence-corrected chi connectivity index (χ0v) is 10.3.